The normalized spacial score (nSPS) is 25.5. The van der Waals surface area contributed by atoms with Crippen molar-refractivity contribution >= 4 is 17.4 Å². The molecule has 2 unspecified atom stereocenters. The van der Waals surface area contributed by atoms with Gasteiger partial charge in [-0.15, -0.1) is 0 Å². The first kappa shape index (κ1) is 10.9. The molecule has 1 N–H and O–H groups in total. The molecule has 1 aliphatic heterocycles. The molecule has 0 spiro atoms. The van der Waals surface area contributed by atoms with Gasteiger partial charge >= 0.3 is 0 Å². The summed E-state index contributed by atoms with van der Waals surface area (Å²) in [6, 6.07) is 9.50. The molecule has 1 heterocycles. The van der Waals surface area contributed by atoms with E-state index in [1.54, 1.807) is 0 Å². The molecule has 0 aliphatic carbocycles. The van der Waals surface area contributed by atoms with Crippen molar-refractivity contribution in [1.82, 2.24) is 0 Å². The Morgan fingerprint density at radius 2 is 2.07 bits per heavy atom. The summed E-state index contributed by atoms with van der Waals surface area (Å²) < 4.78 is 0. The van der Waals surface area contributed by atoms with Crippen LogP contribution < -0.4 is 5.32 Å². The number of anilines is 1. The summed E-state index contributed by atoms with van der Waals surface area (Å²) in [6.45, 7) is 4.51. The van der Waals surface area contributed by atoms with E-state index in [2.05, 4.69) is 55.2 Å². The first-order valence-electron chi connectivity index (χ1n) is 5.76. The molecular formula is C13H19NS. The van der Waals surface area contributed by atoms with Gasteiger partial charge in [0.1, 0.15) is 0 Å². The van der Waals surface area contributed by atoms with Gasteiger partial charge in [-0.05, 0) is 36.3 Å². The fourth-order valence-electron chi connectivity index (χ4n) is 1.97. The van der Waals surface area contributed by atoms with Gasteiger partial charge in [-0.25, -0.2) is 0 Å². The third-order valence-electron chi connectivity index (χ3n) is 3.09. The Morgan fingerprint density at radius 3 is 2.60 bits per heavy atom. The molecule has 1 aromatic rings. The predicted molar refractivity (Wildman–Crippen MR) is 69.8 cm³/mol. The van der Waals surface area contributed by atoms with E-state index < -0.39 is 0 Å². The van der Waals surface area contributed by atoms with E-state index in [1.807, 2.05) is 0 Å². The van der Waals surface area contributed by atoms with Crippen molar-refractivity contribution in [2.75, 3.05) is 11.1 Å². The SMILES string of the molecule is CCc1ccc(NC2CCSC2C)cc1. The topological polar surface area (TPSA) is 12.0 Å². The van der Waals surface area contributed by atoms with Crippen molar-refractivity contribution in [2.45, 2.75) is 38.0 Å². The van der Waals surface area contributed by atoms with Crippen molar-refractivity contribution in [3.05, 3.63) is 29.8 Å². The molecule has 2 atom stereocenters. The summed E-state index contributed by atoms with van der Waals surface area (Å²) in [6.07, 6.45) is 2.41. The summed E-state index contributed by atoms with van der Waals surface area (Å²) in [4.78, 5) is 0. The fraction of sp³-hybridized carbons (Fsp3) is 0.538. The largest absolute Gasteiger partial charge is 0.381 e. The van der Waals surface area contributed by atoms with Crippen LogP contribution in [-0.4, -0.2) is 17.0 Å². The quantitative estimate of drug-likeness (QED) is 0.837. The van der Waals surface area contributed by atoms with Crippen LogP contribution in [0, 0.1) is 0 Å². The number of rotatable bonds is 3. The maximum atomic E-state index is 3.62. The van der Waals surface area contributed by atoms with E-state index in [9.17, 15) is 0 Å². The van der Waals surface area contributed by atoms with E-state index in [0.717, 1.165) is 11.7 Å². The molecule has 2 heteroatoms. The molecule has 0 radical (unpaired) electrons. The lowest BCUT2D eigenvalue weighted by Gasteiger charge is -2.17. The second-order valence-electron chi connectivity index (χ2n) is 4.17. The number of aryl methyl sites for hydroxylation is 1. The molecule has 1 nitrogen and oxygen atoms in total. The third kappa shape index (κ3) is 2.69. The van der Waals surface area contributed by atoms with Crippen LogP contribution in [0.3, 0.4) is 0 Å². The number of benzene rings is 1. The maximum absolute atomic E-state index is 3.62. The van der Waals surface area contributed by atoms with Crippen LogP contribution in [0.5, 0.6) is 0 Å². The Balaban J connectivity index is 1.98. The van der Waals surface area contributed by atoms with E-state index in [4.69, 9.17) is 0 Å². The zero-order chi connectivity index (χ0) is 10.7. The Labute approximate surface area is 96.7 Å². The zero-order valence-corrected chi connectivity index (χ0v) is 10.3. The Morgan fingerprint density at radius 1 is 1.33 bits per heavy atom. The summed E-state index contributed by atoms with van der Waals surface area (Å²) in [5.74, 6) is 1.30. The standard InChI is InChI=1S/C13H19NS/c1-3-11-4-6-12(7-5-11)14-13-8-9-15-10(13)2/h4-7,10,13-14H,3,8-9H2,1-2H3. The first-order valence-corrected chi connectivity index (χ1v) is 6.81. The van der Waals surface area contributed by atoms with Gasteiger partial charge in [0, 0.05) is 17.0 Å². The van der Waals surface area contributed by atoms with Crippen LogP contribution in [0.1, 0.15) is 25.8 Å². The Kier molecular flexibility index (Phi) is 3.57. The van der Waals surface area contributed by atoms with Gasteiger partial charge in [0.25, 0.3) is 0 Å². The molecule has 0 amide bonds. The summed E-state index contributed by atoms with van der Waals surface area (Å²) in [7, 11) is 0. The molecule has 82 valence electrons. The molecule has 0 aromatic heterocycles. The molecule has 1 aromatic carbocycles. The molecule has 1 saturated heterocycles. The second kappa shape index (κ2) is 4.93. The zero-order valence-electron chi connectivity index (χ0n) is 9.49. The molecule has 0 saturated carbocycles. The van der Waals surface area contributed by atoms with Crippen molar-refractivity contribution in [2.24, 2.45) is 0 Å². The number of nitrogens with one attached hydrogen (secondary N) is 1. The summed E-state index contributed by atoms with van der Waals surface area (Å²) in [5.41, 5.74) is 2.68. The van der Waals surface area contributed by atoms with Gasteiger partial charge in [0.2, 0.25) is 0 Å². The molecule has 1 fully saturated rings. The van der Waals surface area contributed by atoms with Crippen LogP contribution in [0.25, 0.3) is 0 Å². The minimum atomic E-state index is 0.655. The van der Waals surface area contributed by atoms with E-state index in [0.29, 0.717) is 6.04 Å². The average molecular weight is 221 g/mol. The minimum Gasteiger partial charge on any atom is -0.381 e. The number of hydrogen-bond acceptors (Lipinski definition) is 2. The molecule has 0 bridgehead atoms. The lowest BCUT2D eigenvalue weighted by molar-refractivity contribution is 0.724. The Bertz CT molecular complexity index is 307. The van der Waals surface area contributed by atoms with Crippen LogP contribution in [0.15, 0.2) is 24.3 Å². The highest BCUT2D eigenvalue weighted by Crippen LogP contribution is 2.28. The van der Waals surface area contributed by atoms with Crippen LogP contribution >= 0.6 is 11.8 Å². The van der Waals surface area contributed by atoms with Gasteiger partial charge in [-0.3, -0.25) is 0 Å². The van der Waals surface area contributed by atoms with Crippen LogP contribution in [0.4, 0.5) is 5.69 Å². The summed E-state index contributed by atoms with van der Waals surface area (Å²) >= 11 is 2.07. The smallest absolute Gasteiger partial charge is 0.0385 e. The highest BCUT2D eigenvalue weighted by molar-refractivity contribution is 8.00. The lowest BCUT2D eigenvalue weighted by Crippen LogP contribution is -2.24. The van der Waals surface area contributed by atoms with Crippen molar-refractivity contribution in [3.63, 3.8) is 0 Å². The number of thioether (sulfide) groups is 1. The van der Waals surface area contributed by atoms with Gasteiger partial charge < -0.3 is 5.32 Å². The fourth-order valence-corrected chi connectivity index (χ4v) is 3.17. The number of hydrogen-bond donors (Lipinski definition) is 1. The van der Waals surface area contributed by atoms with Crippen LogP contribution in [0.2, 0.25) is 0 Å². The van der Waals surface area contributed by atoms with Gasteiger partial charge in [-0.2, -0.15) is 11.8 Å². The second-order valence-corrected chi connectivity index (χ2v) is 5.65. The van der Waals surface area contributed by atoms with Crippen molar-refractivity contribution in [3.8, 4) is 0 Å². The van der Waals surface area contributed by atoms with Crippen molar-refractivity contribution in [1.29, 1.82) is 0 Å². The van der Waals surface area contributed by atoms with Gasteiger partial charge in [0.05, 0.1) is 0 Å². The maximum Gasteiger partial charge on any atom is 0.0385 e. The van der Waals surface area contributed by atoms with E-state index in [-0.39, 0.29) is 0 Å². The molecular weight excluding hydrogens is 202 g/mol. The average Bonchev–Trinajstić information content (AvgIpc) is 2.66. The third-order valence-corrected chi connectivity index (χ3v) is 4.42. The first-order chi connectivity index (χ1) is 7.29. The highest BCUT2D eigenvalue weighted by atomic mass is 32.2. The van der Waals surface area contributed by atoms with E-state index >= 15 is 0 Å². The minimum absolute atomic E-state index is 0.655. The molecule has 1 aliphatic rings. The van der Waals surface area contributed by atoms with Gasteiger partial charge in [-0.1, -0.05) is 26.0 Å². The predicted octanol–water partition coefficient (Wildman–Crippen LogP) is 3.55. The highest BCUT2D eigenvalue weighted by Gasteiger charge is 2.23. The summed E-state index contributed by atoms with van der Waals surface area (Å²) in [5, 5.41) is 4.37. The van der Waals surface area contributed by atoms with E-state index in [1.165, 1.54) is 23.4 Å². The lowest BCUT2D eigenvalue weighted by atomic mass is 10.1. The monoisotopic (exact) mass is 221 g/mol. The van der Waals surface area contributed by atoms with Gasteiger partial charge in [0.15, 0.2) is 0 Å². The van der Waals surface area contributed by atoms with Crippen molar-refractivity contribution < 1.29 is 0 Å². The molecule has 2 rings (SSSR count). The Hall–Kier alpha value is -0.630. The van der Waals surface area contributed by atoms with Crippen LogP contribution in [-0.2, 0) is 6.42 Å². The molecule has 15 heavy (non-hydrogen) atoms.